The van der Waals surface area contributed by atoms with E-state index in [1.165, 1.54) is 12.1 Å². The van der Waals surface area contributed by atoms with Gasteiger partial charge in [-0.1, -0.05) is 0 Å². The molecule has 0 saturated carbocycles. The third-order valence-corrected chi connectivity index (χ3v) is 1.44. The predicted molar refractivity (Wildman–Crippen MR) is 33.8 cm³/mol. The molecule has 0 spiro atoms. The van der Waals surface area contributed by atoms with Crippen LogP contribution in [0.15, 0.2) is 18.2 Å². The quantitative estimate of drug-likeness (QED) is 0.351. The lowest BCUT2D eigenvalue weighted by atomic mass is 10.5. The number of hydrogen-bond donors (Lipinski definition) is 1. The Bertz CT molecular complexity index is 206. The fraction of sp³-hybridized carbons (Fsp3) is 0. The van der Waals surface area contributed by atoms with Crippen LogP contribution in [0, 0.1) is 0 Å². The molecule has 1 N–H and O–H groups in total. The molecule has 48 valence electrons. The first-order valence-corrected chi connectivity index (χ1v) is 3.03. The fourth-order valence-corrected chi connectivity index (χ4v) is 0.821. The van der Waals surface area contributed by atoms with Crippen molar-refractivity contribution < 1.29 is 9.94 Å². The first-order chi connectivity index (χ1) is 4.22. The third kappa shape index (κ3) is 1.26. The minimum absolute atomic E-state index is 0.197. The summed E-state index contributed by atoms with van der Waals surface area (Å²) in [5.41, 5.74) is 0. The molecule has 0 atom stereocenters. The monoisotopic (exact) mass is 164 g/mol. The van der Waals surface area contributed by atoms with Gasteiger partial charge in [-0.15, -0.1) is 0 Å². The molecule has 0 amide bonds. The Kier molecular flexibility index (Phi) is 1.78. The summed E-state index contributed by atoms with van der Waals surface area (Å²) in [5.74, 6) is 0. The second-order valence-electron chi connectivity index (χ2n) is 1.48. The van der Waals surface area contributed by atoms with E-state index in [4.69, 9.17) is 28.4 Å². The van der Waals surface area contributed by atoms with Crippen LogP contribution in [0.1, 0.15) is 0 Å². The lowest BCUT2D eigenvalue weighted by molar-refractivity contribution is -0.901. The highest BCUT2D eigenvalue weighted by atomic mass is 35.5. The van der Waals surface area contributed by atoms with Crippen molar-refractivity contribution in [1.82, 2.24) is 0 Å². The Labute approximate surface area is 62.2 Å². The minimum Gasteiger partial charge on any atom is -0.282 e. The van der Waals surface area contributed by atoms with Gasteiger partial charge in [-0.3, -0.25) is 5.21 Å². The zero-order valence-corrected chi connectivity index (χ0v) is 5.89. The van der Waals surface area contributed by atoms with Gasteiger partial charge in [-0.25, -0.2) is 0 Å². The lowest BCUT2D eigenvalue weighted by Crippen LogP contribution is -2.32. The van der Waals surface area contributed by atoms with Gasteiger partial charge in [0.25, 0.3) is 0 Å². The molecule has 0 unspecified atom stereocenters. The second kappa shape index (κ2) is 2.42. The third-order valence-electron chi connectivity index (χ3n) is 0.872. The molecule has 0 aliphatic rings. The van der Waals surface area contributed by atoms with E-state index in [0.29, 0.717) is 4.73 Å². The molecule has 1 rings (SSSR count). The van der Waals surface area contributed by atoms with Gasteiger partial charge in [-0.2, -0.15) is 0 Å². The smallest absolute Gasteiger partial charge is 0.282 e. The maximum atomic E-state index is 8.86. The summed E-state index contributed by atoms with van der Waals surface area (Å²) in [5, 5.41) is 9.25. The van der Waals surface area contributed by atoms with Gasteiger partial charge in [0.1, 0.15) is 0 Å². The van der Waals surface area contributed by atoms with Gasteiger partial charge in [0, 0.05) is 16.9 Å². The van der Waals surface area contributed by atoms with Crippen LogP contribution in [0.3, 0.4) is 0 Å². The molecule has 2 nitrogen and oxygen atoms in total. The van der Waals surface area contributed by atoms with E-state index in [-0.39, 0.29) is 10.3 Å². The topological polar surface area (TPSA) is 24.1 Å². The summed E-state index contributed by atoms with van der Waals surface area (Å²) in [6.45, 7) is 0. The standard InChI is InChI=1S/C5H4Cl2NO/c6-4-2-1-3-5(7)8(4)9/h1-3,9H/q+1. The molecule has 0 aromatic carbocycles. The maximum Gasteiger partial charge on any atom is 0.326 e. The van der Waals surface area contributed by atoms with Gasteiger partial charge in [-0.05, 0) is 29.3 Å². The Morgan fingerprint density at radius 1 is 1.22 bits per heavy atom. The summed E-state index contributed by atoms with van der Waals surface area (Å²) in [4.78, 5) is 0. The van der Waals surface area contributed by atoms with Gasteiger partial charge in [0.15, 0.2) is 0 Å². The molecule has 0 fully saturated rings. The minimum atomic E-state index is 0.197. The van der Waals surface area contributed by atoms with Gasteiger partial charge in [0.2, 0.25) is 0 Å². The molecule has 4 heteroatoms. The number of halogens is 2. The van der Waals surface area contributed by atoms with E-state index in [9.17, 15) is 0 Å². The van der Waals surface area contributed by atoms with E-state index < -0.39 is 0 Å². The van der Waals surface area contributed by atoms with Crippen molar-refractivity contribution in [2.24, 2.45) is 0 Å². The molecular formula is C5H4Cl2NO+. The van der Waals surface area contributed by atoms with E-state index in [2.05, 4.69) is 0 Å². The second-order valence-corrected chi connectivity index (χ2v) is 2.26. The first kappa shape index (κ1) is 6.65. The van der Waals surface area contributed by atoms with Gasteiger partial charge in [0.05, 0.1) is 0 Å². The molecule has 0 bridgehead atoms. The molecule has 1 aromatic heterocycles. The Hall–Kier alpha value is -0.470. The van der Waals surface area contributed by atoms with Crippen molar-refractivity contribution in [3.63, 3.8) is 0 Å². The summed E-state index contributed by atoms with van der Waals surface area (Å²) >= 11 is 10.9. The van der Waals surface area contributed by atoms with E-state index in [1.807, 2.05) is 0 Å². The van der Waals surface area contributed by atoms with Crippen molar-refractivity contribution >= 4 is 23.2 Å². The normalized spacial score (nSPS) is 9.56. The molecular weight excluding hydrogens is 161 g/mol. The fourth-order valence-electron chi connectivity index (χ4n) is 0.450. The van der Waals surface area contributed by atoms with Gasteiger partial charge < -0.3 is 0 Å². The van der Waals surface area contributed by atoms with Crippen LogP contribution in [0.4, 0.5) is 0 Å². The van der Waals surface area contributed by atoms with Crippen LogP contribution in [0.25, 0.3) is 0 Å². The van der Waals surface area contributed by atoms with Crippen molar-refractivity contribution in [2.75, 3.05) is 0 Å². The number of nitrogens with zero attached hydrogens (tertiary/aromatic N) is 1. The molecule has 0 aliphatic heterocycles. The highest BCUT2D eigenvalue weighted by Crippen LogP contribution is 2.05. The Balaban J connectivity index is 3.25. The highest BCUT2D eigenvalue weighted by Gasteiger charge is 2.09. The highest BCUT2D eigenvalue weighted by molar-refractivity contribution is 6.30. The van der Waals surface area contributed by atoms with Crippen LogP contribution < -0.4 is 4.73 Å². The lowest BCUT2D eigenvalue weighted by Gasteiger charge is -1.85. The SMILES string of the molecule is O[n+]1c(Cl)cccc1Cl. The molecule has 0 aliphatic carbocycles. The van der Waals surface area contributed by atoms with Crippen molar-refractivity contribution in [1.29, 1.82) is 0 Å². The largest absolute Gasteiger partial charge is 0.326 e. The Morgan fingerprint density at radius 3 is 2.00 bits per heavy atom. The summed E-state index contributed by atoms with van der Waals surface area (Å²) in [6, 6.07) is 4.72. The zero-order chi connectivity index (χ0) is 6.85. The summed E-state index contributed by atoms with van der Waals surface area (Å²) in [6.07, 6.45) is 0. The van der Waals surface area contributed by atoms with Crippen LogP contribution >= 0.6 is 23.2 Å². The van der Waals surface area contributed by atoms with Crippen LogP contribution in [0.5, 0.6) is 0 Å². The van der Waals surface area contributed by atoms with Crippen molar-refractivity contribution in [3.8, 4) is 0 Å². The van der Waals surface area contributed by atoms with E-state index in [1.54, 1.807) is 6.07 Å². The van der Waals surface area contributed by atoms with Crippen LogP contribution in [-0.4, -0.2) is 5.21 Å². The van der Waals surface area contributed by atoms with Crippen LogP contribution in [0.2, 0.25) is 10.3 Å². The summed E-state index contributed by atoms with van der Waals surface area (Å²) in [7, 11) is 0. The van der Waals surface area contributed by atoms with Crippen molar-refractivity contribution in [2.45, 2.75) is 0 Å². The first-order valence-electron chi connectivity index (χ1n) is 2.27. The molecule has 1 heterocycles. The summed E-state index contributed by atoms with van der Waals surface area (Å²) < 4.78 is 0.698. The molecule has 9 heavy (non-hydrogen) atoms. The number of rotatable bonds is 0. The van der Waals surface area contributed by atoms with E-state index in [0.717, 1.165) is 0 Å². The number of hydrogen-bond acceptors (Lipinski definition) is 1. The van der Waals surface area contributed by atoms with Crippen molar-refractivity contribution in [3.05, 3.63) is 28.5 Å². The number of pyridine rings is 1. The molecule has 1 aromatic rings. The predicted octanol–water partition coefficient (Wildman–Crippen LogP) is 1.52. The average Bonchev–Trinajstić information content (AvgIpc) is 1.83. The molecule has 0 radical (unpaired) electrons. The number of aromatic nitrogens is 1. The maximum absolute atomic E-state index is 8.86. The van der Waals surface area contributed by atoms with E-state index >= 15 is 0 Å². The molecule has 0 saturated heterocycles. The zero-order valence-electron chi connectivity index (χ0n) is 4.38. The van der Waals surface area contributed by atoms with Gasteiger partial charge >= 0.3 is 10.3 Å². The van der Waals surface area contributed by atoms with Crippen LogP contribution in [-0.2, 0) is 0 Å². The Morgan fingerprint density at radius 2 is 1.67 bits per heavy atom. The average molecular weight is 165 g/mol.